The fraction of sp³-hybridized carbons (Fsp3) is 0.375. The third kappa shape index (κ3) is 4.16. The predicted molar refractivity (Wildman–Crippen MR) is 127 cm³/mol. The summed E-state index contributed by atoms with van der Waals surface area (Å²) in [7, 11) is 0. The van der Waals surface area contributed by atoms with Crippen molar-refractivity contribution in [1.29, 1.82) is 0 Å². The average Bonchev–Trinajstić information content (AvgIpc) is 3.45. The Kier molecular flexibility index (Phi) is 5.85. The van der Waals surface area contributed by atoms with Crippen molar-refractivity contribution < 1.29 is 0 Å². The molecule has 0 amide bonds. The van der Waals surface area contributed by atoms with E-state index in [1.165, 1.54) is 30.5 Å². The van der Waals surface area contributed by atoms with Gasteiger partial charge in [-0.25, -0.2) is 0 Å². The van der Waals surface area contributed by atoms with Crippen LogP contribution < -0.4 is 4.90 Å². The van der Waals surface area contributed by atoms with Crippen LogP contribution in [0.1, 0.15) is 25.3 Å². The molecule has 30 heavy (non-hydrogen) atoms. The standard InChI is InChI=1S/C24H26BrClN4/c25-19-7-5-18(6-8-19)23-11-12-30(27-23)21-10-9-20(17-21)28-13-15-29(16-14-28)24-4-2-1-3-22(24)26/h1-8,11-12,20-21H,9-10,13-17H2. The van der Waals surface area contributed by atoms with E-state index in [1.807, 2.05) is 12.1 Å². The quantitative estimate of drug-likeness (QED) is 0.461. The van der Waals surface area contributed by atoms with Crippen molar-refractivity contribution in [3.8, 4) is 11.3 Å². The molecule has 2 aliphatic rings. The molecule has 2 aromatic carbocycles. The molecule has 2 fully saturated rings. The highest BCUT2D eigenvalue weighted by Crippen LogP contribution is 2.35. The molecule has 5 rings (SSSR count). The van der Waals surface area contributed by atoms with Crippen LogP contribution in [0.25, 0.3) is 11.3 Å². The first-order valence-electron chi connectivity index (χ1n) is 10.7. The number of benzene rings is 2. The van der Waals surface area contributed by atoms with E-state index < -0.39 is 0 Å². The lowest BCUT2D eigenvalue weighted by molar-refractivity contribution is 0.183. The maximum atomic E-state index is 6.39. The molecule has 0 spiro atoms. The topological polar surface area (TPSA) is 24.3 Å². The van der Waals surface area contributed by atoms with E-state index >= 15 is 0 Å². The van der Waals surface area contributed by atoms with E-state index in [1.54, 1.807) is 0 Å². The van der Waals surface area contributed by atoms with Gasteiger partial charge in [-0.1, -0.05) is 51.8 Å². The highest BCUT2D eigenvalue weighted by Gasteiger charge is 2.32. The highest BCUT2D eigenvalue weighted by molar-refractivity contribution is 9.10. The molecule has 0 radical (unpaired) electrons. The zero-order valence-corrected chi connectivity index (χ0v) is 19.3. The zero-order chi connectivity index (χ0) is 20.5. The maximum absolute atomic E-state index is 6.39. The van der Waals surface area contributed by atoms with Gasteiger partial charge in [0.1, 0.15) is 0 Å². The number of para-hydroxylation sites is 1. The van der Waals surface area contributed by atoms with Gasteiger partial charge >= 0.3 is 0 Å². The van der Waals surface area contributed by atoms with Crippen molar-refractivity contribution in [2.45, 2.75) is 31.3 Å². The van der Waals surface area contributed by atoms with Crippen molar-refractivity contribution in [3.05, 3.63) is 70.3 Å². The van der Waals surface area contributed by atoms with Crippen LogP contribution in [0.3, 0.4) is 0 Å². The molecule has 2 unspecified atom stereocenters. The molecule has 156 valence electrons. The number of piperazine rings is 1. The third-order valence-corrected chi connectivity index (χ3v) is 7.37. The smallest absolute Gasteiger partial charge is 0.0923 e. The molecule has 0 bridgehead atoms. The van der Waals surface area contributed by atoms with E-state index in [4.69, 9.17) is 16.7 Å². The van der Waals surface area contributed by atoms with Crippen molar-refractivity contribution in [2.24, 2.45) is 0 Å². The third-order valence-electron chi connectivity index (χ3n) is 6.52. The van der Waals surface area contributed by atoms with E-state index in [-0.39, 0.29) is 0 Å². The molecule has 1 saturated carbocycles. The minimum Gasteiger partial charge on any atom is -0.368 e. The number of aromatic nitrogens is 2. The number of nitrogens with zero attached hydrogens (tertiary/aromatic N) is 4. The van der Waals surface area contributed by atoms with Gasteiger partial charge in [0.05, 0.1) is 22.4 Å². The Morgan fingerprint density at radius 2 is 1.60 bits per heavy atom. The lowest BCUT2D eigenvalue weighted by Crippen LogP contribution is -2.49. The summed E-state index contributed by atoms with van der Waals surface area (Å²) in [4.78, 5) is 5.09. The van der Waals surface area contributed by atoms with Crippen LogP contribution in [-0.4, -0.2) is 46.9 Å². The molecule has 0 N–H and O–H groups in total. The molecular weight excluding hydrogens is 460 g/mol. The predicted octanol–water partition coefficient (Wildman–Crippen LogP) is 5.88. The first-order valence-corrected chi connectivity index (χ1v) is 11.9. The summed E-state index contributed by atoms with van der Waals surface area (Å²) in [6.45, 7) is 4.29. The van der Waals surface area contributed by atoms with Gasteiger partial charge in [0, 0.05) is 48.5 Å². The number of hydrogen-bond donors (Lipinski definition) is 0. The summed E-state index contributed by atoms with van der Waals surface area (Å²) < 4.78 is 3.29. The summed E-state index contributed by atoms with van der Waals surface area (Å²) in [5.74, 6) is 0. The van der Waals surface area contributed by atoms with Crippen molar-refractivity contribution in [3.63, 3.8) is 0 Å². The molecule has 2 heterocycles. The van der Waals surface area contributed by atoms with E-state index in [0.29, 0.717) is 12.1 Å². The van der Waals surface area contributed by atoms with E-state index in [9.17, 15) is 0 Å². The lowest BCUT2D eigenvalue weighted by atomic mass is 10.1. The van der Waals surface area contributed by atoms with Gasteiger partial charge in [0.15, 0.2) is 0 Å². The van der Waals surface area contributed by atoms with Gasteiger partial charge in [0.25, 0.3) is 0 Å². The normalized spacial score (nSPS) is 22.5. The first-order chi connectivity index (χ1) is 14.7. The number of halogens is 2. The van der Waals surface area contributed by atoms with Crippen LogP contribution in [0.4, 0.5) is 5.69 Å². The monoisotopic (exact) mass is 484 g/mol. The second-order valence-corrected chi connectivity index (χ2v) is 9.61. The van der Waals surface area contributed by atoms with Crippen LogP contribution in [0.2, 0.25) is 5.02 Å². The Labute approximate surface area is 191 Å². The summed E-state index contributed by atoms with van der Waals surface area (Å²) in [6, 6.07) is 19.9. The maximum Gasteiger partial charge on any atom is 0.0923 e. The Bertz CT molecular complexity index is 994. The van der Waals surface area contributed by atoms with Gasteiger partial charge in [-0.15, -0.1) is 0 Å². The second kappa shape index (κ2) is 8.74. The van der Waals surface area contributed by atoms with Crippen LogP contribution in [-0.2, 0) is 0 Å². The summed E-state index contributed by atoms with van der Waals surface area (Å²) in [6.07, 6.45) is 5.80. The Morgan fingerprint density at radius 3 is 2.37 bits per heavy atom. The fourth-order valence-corrected chi connectivity index (χ4v) is 5.38. The number of anilines is 1. The summed E-state index contributed by atoms with van der Waals surface area (Å²) in [5, 5.41) is 5.75. The van der Waals surface area contributed by atoms with Gasteiger partial charge in [-0.2, -0.15) is 5.10 Å². The fourth-order valence-electron chi connectivity index (χ4n) is 4.86. The van der Waals surface area contributed by atoms with E-state index in [0.717, 1.165) is 41.4 Å². The highest BCUT2D eigenvalue weighted by atomic mass is 79.9. The summed E-state index contributed by atoms with van der Waals surface area (Å²) >= 11 is 9.90. The van der Waals surface area contributed by atoms with Gasteiger partial charge in [-0.05, 0) is 49.6 Å². The van der Waals surface area contributed by atoms with Crippen LogP contribution in [0, 0.1) is 0 Å². The molecule has 6 heteroatoms. The minimum atomic E-state index is 0.501. The molecule has 1 aliphatic carbocycles. The molecule has 1 aliphatic heterocycles. The molecule has 1 saturated heterocycles. The zero-order valence-electron chi connectivity index (χ0n) is 16.9. The molecule has 1 aromatic heterocycles. The van der Waals surface area contributed by atoms with Crippen molar-refractivity contribution in [1.82, 2.24) is 14.7 Å². The Balaban J connectivity index is 1.19. The summed E-state index contributed by atoms with van der Waals surface area (Å²) in [5.41, 5.74) is 3.39. The van der Waals surface area contributed by atoms with Gasteiger partial charge < -0.3 is 4.90 Å². The van der Waals surface area contributed by atoms with E-state index in [2.05, 4.69) is 79.1 Å². The average molecular weight is 486 g/mol. The lowest BCUT2D eigenvalue weighted by Gasteiger charge is -2.39. The molecular formula is C24H26BrClN4. The minimum absolute atomic E-state index is 0.501. The van der Waals surface area contributed by atoms with Gasteiger partial charge in [0.2, 0.25) is 0 Å². The second-order valence-electron chi connectivity index (χ2n) is 8.28. The molecule has 2 atom stereocenters. The first kappa shape index (κ1) is 20.1. The van der Waals surface area contributed by atoms with Gasteiger partial charge in [-0.3, -0.25) is 9.58 Å². The number of rotatable bonds is 4. The Morgan fingerprint density at radius 1 is 0.867 bits per heavy atom. The van der Waals surface area contributed by atoms with Crippen LogP contribution in [0.15, 0.2) is 65.3 Å². The van der Waals surface area contributed by atoms with Crippen molar-refractivity contribution in [2.75, 3.05) is 31.1 Å². The largest absolute Gasteiger partial charge is 0.368 e. The number of hydrogen-bond acceptors (Lipinski definition) is 3. The Hall–Kier alpha value is -1.82. The van der Waals surface area contributed by atoms with Crippen LogP contribution >= 0.6 is 27.5 Å². The molecule has 4 nitrogen and oxygen atoms in total. The SMILES string of the molecule is Clc1ccccc1N1CCN(C2CCC(n3ccc(-c4ccc(Br)cc4)n3)C2)CC1. The van der Waals surface area contributed by atoms with Crippen molar-refractivity contribution >= 4 is 33.2 Å². The molecule has 3 aromatic rings. The van der Waals surface area contributed by atoms with Crippen LogP contribution in [0.5, 0.6) is 0 Å².